The van der Waals surface area contributed by atoms with Gasteiger partial charge in [-0.15, -0.1) is 0 Å². The lowest BCUT2D eigenvalue weighted by atomic mass is 10.2. The van der Waals surface area contributed by atoms with Gasteiger partial charge in [0.2, 0.25) is 0 Å². The Kier molecular flexibility index (Phi) is 4.10. The minimum Gasteiger partial charge on any atom is -0.494 e. The Bertz CT molecular complexity index is 526. The van der Waals surface area contributed by atoms with Gasteiger partial charge in [0.15, 0.2) is 0 Å². The van der Waals surface area contributed by atoms with Crippen molar-refractivity contribution >= 4 is 21.6 Å². The number of methoxy groups -OCH3 is 1. The number of nitrogens with two attached hydrogens (primary N) is 1. The molecule has 0 heterocycles. The fourth-order valence-corrected chi connectivity index (χ4v) is 1.79. The summed E-state index contributed by atoms with van der Waals surface area (Å²) in [7, 11) is 1.59. The van der Waals surface area contributed by atoms with E-state index >= 15 is 0 Å². The lowest BCUT2D eigenvalue weighted by Crippen LogP contribution is -1.97. The van der Waals surface area contributed by atoms with Crippen molar-refractivity contribution in [2.75, 3.05) is 12.8 Å². The zero-order chi connectivity index (χ0) is 13.0. The minimum atomic E-state index is 0.514. The molecule has 94 valence electrons. The zero-order valence-electron chi connectivity index (χ0n) is 10.0. The molecule has 2 aromatic rings. The highest BCUT2D eigenvalue weighted by Gasteiger charge is 2.02. The molecule has 18 heavy (non-hydrogen) atoms. The van der Waals surface area contributed by atoms with Gasteiger partial charge in [0.1, 0.15) is 18.1 Å². The lowest BCUT2D eigenvalue weighted by molar-refractivity contribution is 0.304. The predicted molar refractivity (Wildman–Crippen MR) is 75.9 cm³/mol. The van der Waals surface area contributed by atoms with Crippen molar-refractivity contribution in [1.82, 2.24) is 0 Å². The quantitative estimate of drug-likeness (QED) is 0.877. The van der Waals surface area contributed by atoms with Gasteiger partial charge in [-0.1, -0.05) is 28.1 Å². The van der Waals surface area contributed by atoms with E-state index < -0.39 is 0 Å². The third kappa shape index (κ3) is 3.17. The molecule has 4 heteroatoms. The number of nitrogen functional groups attached to an aromatic ring is 1. The smallest absolute Gasteiger partial charge is 0.145 e. The lowest BCUT2D eigenvalue weighted by Gasteiger charge is -2.09. The van der Waals surface area contributed by atoms with Crippen molar-refractivity contribution in [3.05, 3.63) is 52.5 Å². The van der Waals surface area contributed by atoms with Crippen molar-refractivity contribution in [2.24, 2.45) is 0 Å². The second kappa shape index (κ2) is 5.78. The molecule has 0 amide bonds. The Morgan fingerprint density at radius 2 is 1.83 bits per heavy atom. The topological polar surface area (TPSA) is 44.5 Å². The maximum atomic E-state index is 5.74. The van der Waals surface area contributed by atoms with Gasteiger partial charge in [0.05, 0.1) is 12.8 Å². The molecule has 0 saturated carbocycles. The summed E-state index contributed by atoms with van der Waals surface area (Å²) < 4.78 is 11.9. The van der Waals surface area contributed by atoms with Gasteiger partial charge in [0.25, 0.3) is 0 Å². The van der Waals surface area contributed by atoms with Crippen LogP contribution in [0.15, 0.2) is 46.9 Å². The van der Waals surface area contributed by atoms with Crippen LogP contribution in [0.1, 0.15) is 5.56 Å². The number of anilines is 1. The van der Waals surface area contributed by atoms with E-state index in [1.165, 1.54) is 0 Å². The van der Waals surface area contributed by atoms with Crippen LogP contribution in [-0.2, 0) is 6.61 Å². The Balaban J connectivity index is 2.04. The van der Waals surface area contributed by atoms with Crippen molar-refractivity contribution in [1.29, 1.82) is 0 Å². The van der Waals surface area contributed by atoms with Crippen LogP contribution in [0.4, 0.5) is 5.69 Å². The molecule has 0 aliphatic rings. The van der Waals surface area contributed by atoms with E-state index in [0.717, 1.165) is 15.8 Å². The second-order valence-electron chi connectivity index (χ2n) is 3.82. The SMILES string of the molecule is COc1cc(OCc2ccc(Br)cc2)ccc1N. The highest BCUT2D eigenvalue weighted by molar-refractivity contribution is 9.10. The summed E-state index contributed by atoms with van der Waals surface area (Å²) in [6, 6.07) is 13.4. The highest BCUT2D eigenvalue weighted by atomic mass is 79.9. The van der Waals surface area contributed by atoms with E-state index in [1.807, 2.05) is 30.3 Å². The van der Waals surface area contributed by atoms with E-state index in [4.69, 9.17) is 15.2 Å². The van der Waals surface area contributed by atoms with Crippen LogP contribution in [0.25, 0.3) is 0 Å². The Hall–Kier alpha value is -1.68. The number of halogens is 1. The van der Waals surface area contributed by atoms with Gasteiger partial charge in [-0.05, 0) is 29.8 Å². The van der Waals surface area contributed by atoms with E-state index in [2.05, 4.69) is 15.9 Å². The first-order chi connectivity index (χ1) is 8.69. The summed E-state index contributed by atoms with van der Waals surface area (Å²) in [5.41, 5.74) is 7.45. The monoisotopic (exact) mass is 307 g/mol. The molecule has 0 unspecified atom stereocenters. The number of rotatable bonds is 4. The fraction of sp³-hybridized carbons (Fsp3) is 0.143. The molecule has 0 saturated heterocycles. The van der Waals surface area contributed by atoms with E-state index in [9.17, 15) is 0 Å². The number of benzene rings is 2. The molecule has 0 spiro atoms. The highest BCUT2D eigenvalue weighted by Crippen LogP contribution is 2.27. The summed E-state index contributed by atoms with van der Waals surface area (Å²) in [5, 5.41) is 0. The summed E-state index contributed by atoms with van der Waals surface area (Å²) in [5.74, 6) is 1.37. The summed E-state index contributed by atoms with van der Waals surface area (Å²) in [4.78, 5) is 0. The Morgan fingerprint density at radius 1 is 1.11 bits per heavy atom. The van der Waals surface area contributed by atoms with Crippen molar-refractivity contribution in [3.8, 4) is 11.5 Å². The van der Waals surface area contributed by atoms with Gasteiger partial charge < -0.3 is 15.2 Å². The Morgan fingerprint density at radius 3 is 2.50 bits per heavy atom. The number of hydrogen-bond acceptors (Lipinski definition) is 3. The van der Waals surface area contributed by atoms with Gasteiger partial charge >= 0.3 is 0 Å². The van der Waals surface area contributed by atoms with Gasteiger partial charge in [-0.25, -0.2) is 0 Å². The molecule has 0 aliphatic heterocycles. The molecule has 0 fully saturated rings. The number of ether oxygens (including phenoxy) is 2. The van der Waals surface area contributed by atoms with Crippen LogP contribution in [-0.4, -0.2) is 7.11 Å². The maximum absolute atomic E-state index is 5.74. The second-order valence-corrected chi connectivity index (χ2v) is 4.73. The summed E-state index contributed by atoms with van der Waals surface area (Å²) in [6.45, 7) is 0.514. The first-order valence-electron chi connectivity index (χ1n) is 5.50. The first kappa shape index (κ1) is 12.8. The Labute approximate surface area is 115 Å². The molecule has 0 atom stereocenters. The average Bonchev–Trinajstić information content (AvgIpc) is 2.39. The molecule has 0 bridgehead atoms. The molecule has 2 aromatic carbocycles. The molecule has 3 nitrogen and oxygen atoms in total. The van der Waals surface area contributed by atoms with Crippen LogP contribution in [0.2, 0.25) is 0 Å². The summed E-state index contributed by atoms with van der Waals surface area (Å²) >= 11 is 3.40. The molecule has 2 N–H and O–H groups in total. The fourth-order valence-electron chi connectivity index (χ4n) is 1.53. The molecule has 0 aliphatic carbocycles. The van der Waals surface area contributed by atoms with Crippen LogP contribution >= 0.6 is 15.9 Å². The molecular weight excluding hydrogens is 294 g/mol. The molecule has 0 aromatic heterocycles. The average molecular weight is 308 g/mol. The summed E-state index contributed by atoms with van der Waals surface area (Å²) in [6.07, 6.45) is 0. The van der Waals surface area contributed by atoms with Gasteiger partial charge in [-0.3, -0.25) is 0 Å². The van der Waals surface area contributed by atoms with Crippen LogP contribution < -0.4 is 15.2 Å². The molecule has 0 radical (unpaired) electrons. The number of hydrogen-bond donors (Lipinski definition) is 1. The standard InChI is InChI=1S/C14H14BrNO2/c1-17-14-8-12(6-7-13(14)16)18-9-10-2-4-11(15)5-3-10/h2-8H,9,16H2,1H3. The van der Waals surface area contributed by atoms with Crippen molar-refractivity contribution in [2.45, 2.75) is 6.61 Å². The normalized spacial score (nSPS) is 10.1. The van der Waals surface area contributed by atoms with Crippen LogP contribution in [0.3, 0.4) is 0 Å². The molecular formula is C14H14BrNO2. The maximum Gasteiger partial charge on any atom is 0.145 e. The minimum absolute atomic E-state index is 0.514. The van der Waals surface area contributed by atoms with Gasteiger partial charge in [-0.2, -0.15) is 0 Å². The predicted octanol–water partition coefficient (Wildman–Crippen LogP) is 3.62. The van der Waals surface area contributed by atoms with Crippen LogP contribution in [0.5, 0.6) is 11.5 Å². The first-order valence-corrected chi connectivity index (χ1v) is 6.29. The van der Waals surface area contributed by atoms with E-state index in [1.54, 1.807) is 19.2 Å². The van der Waals surface area contributed by atoms with Gasteiger partial charge in [0, 0.05) is 10.5 Å². The van der Waals surface area contributed by atoms with Crippen molar-refractivity contribution in [3.63, 3.8) is 0 Å². The van der Waals surface area contributed by atoms with Crippen molar-refractivity contribution < 1.29 is 9.47 Å². The third-order valence-corrected chi connectivity index (χ3v) is 3.05. The van der Waals surface area contributed by atoms with Crippen LogP contribution in [0, 0.1) is 0 Å². The largest absolute Gasteiger partial charge is 0.494 e. The molecule has 2 rings (SSSR count). The van der Waals surface area contributed by atoms with E-state index in [-0.39, 0.29) is 0 Å². The van der Waals surface area contributed by atoms with E-state index in [0.29, 0.717) is 18.0 Å². The zero-order valence-corrected chi connectivity index (χ0v) is 11.6. The third-order valence-electron chi connectivity index (χ3n) is 2.52.